The predicted octanol–water partition coefficient (Wildman–Crippen LogP) is 3.48. The van der Waals surface area contributed by atoms with Crippen LogP contribution in [0.2, 0.25) is 0 Å². The number of guanidine groups is 1. The standard InChI is InChI=1S/C21H37N3O3/c1-5-7-8-9-10-17(3)24-21(22-6-2)23-16-18-11-12-19(27-14-13-25)20(15-18)26-4/h11-12,15,17,25H,5-10,13-14,16H2,1-4H3,(H2,22,23,24). The van der Waals surface area contributed by atoms with E-state index in [-0.39, 0.29) is 13.2 Å². The molecule has 0 saturated carbocycles. The Balaban J connectivity index is 2.65. The number of nitrogens with zero attached hydrogens (tertiary/aromatic N) is 1. The van der Waals surface area contributed by atoms with Crippen LogP contribution in [0.5, 0.6) is 11.5 Å². The summed E-state index contributed by atoms with van der Waals surface area (Å²) in [6.45, 7) is 8.11. The summed E-state index contributed by atoms with van der Waals surface area (Å²) < 4.78 is 10.8. The number of hydrogen-bond acceptors (Lipinski definition) is 4. The van der Waals surface area contributed by atoms with Crippen LogP contribution >= 0.6 is 0 Å². The van der Waals surface area contributed by atoms with Gasteiger partial charge in [0.1, 0.15) is 6.61 Å². The molecule has 0 saturated heterocycles. The number of benzene rings is 1. The van der Waals surface area contributed by atoms with Gasteiger partial charge in [-0.2, -0.15) is 0 Å². The van der Waals surface area contributed by atoms with E-state index in [0.29, 0.717) is 24.1 Å². The van der Waals surface area contributed by atoms with Crippen LogP contribution in [0.1, 0.15) is 58.4 Å². The molecule has 0 aliphatic carbocycles. The first kappa shape index (κ1) is 23.1. The zero-order chi connectivity index (χ0) is 19.9. The van der Waals surface area contributed by atoms with Crippen molar-refractivity contribution >= 4 is 5.96 Å². The largest absolute Gasteiger partial charge is 0.493 e. The van der Waals surface area contributed by atoms with E-state index in [1.807, 2.05) is 18.2 Å². The molecular formula is C21H37N3O3. The maximum Gasteiger partial charge on any atom is 0.191 e. The molecule has 6 heteroatoms. The molecule has 0 heterocycles. The number of hydrogen-bond donors (Lipinski definition) is 3. The smallest absolute Gasteiger partial charge is 0.191 e. The van der Waals surface area contributed by atoms with Crippen LogP contribution in [0.25, 0.3) is 0 Å². The zero-order valence-corrected chi connectivity index (χ0v) is 17.4. The maximum atomic E-state index is 8.90. The zero-order valence-electron chi connectivity index (χ0n) is 17.4. The highest BCUT2D eigenvalue weighted by molar-refractivity contribution is 5.80. The molecule has 1 atom stereocenters. The van der Waals surface area contributed by atoms with Gasteiger partial charge in [-0.25, -0.2) is 4.99 Å². The first-order valence-electron chi connectivity index (χ1n) is 10.1. The molecule has 0 radical (unpaired) electrons. The molecule has 1 aromatic carbocycles. The van der Waals surface area contributed by atoms with Crippen LogP contribution in [-0.4, -0.2) is 44.0 Å². The van der Waals surface area contributed by atoms with Crippen LogP contribution in [0.3, 0.4) is 0 Å². The van der Waals surface area contributed by atoms with E-state index in [0.717, 1.165) is 24.5 Å². The van der Waals surface area contributed by atoms with Crippen molar-refractivity contribution < 1.29 is 14.6 Å². The Labute approximate surface area is 164 Å². The lowest BCUT2D eigenvalue weighted by Crippen LogP contribution is -2.42. The van der Waals surface area contributed by atoms with Crippen LogP contribution in [-0.2, 0) is 6.54 Å². The predicted molar refractivity (Wildman–Crippen MR) is 112 cm³/mol. The summed E-state index contributed by atoms with van der Waals surface area (Å²) in [7, 11) is 1.61. The Morgan fingerprint density at radius 1 is 1.19 bits per heavy atom. The number of ether oxygens (including phenoxy) is 2. The van der Waals surface area contributed by atoms with E-state index in [4.69, 9.17) is 19.6 Å². The van der Waals surface area contributed by atoms with Crippen molar-refractivity contribution in [2.45, 2.75) is 65.5 Å². The molecule has 0 aromatic heterocycles. The van der Waals surface area contributed by atoms with Crippen molar-refractivity contribution in [3.8, 4) is 11.5 Å². The van der Waals surface area contributed by atoms with Crippen molar-refractivity contribution in [1.29, 1.82) is 0 Å². The first-order chi connectivity index (χ1) is 13.1. The highest BCUT2D eigenvalue weighted by atomic mass is 16.5. The number of aliphatic imine (C=N–C) groups is 1. The number of methoxy groups -OCH3 is 1. The molecule has 1 rings (SSSR count). The minimum absolute atomic E-state index is 0.0243. The van der Waals surface area contributed by atoms with E-state index >= 15 is 0 Å². The molecule has 27 heavy (non-hydrogen) atoms. The van der Waals surface area contributed by atoms with Crippen LogP contribution in [0, 0.1) is 0 Å². The fraction of sp³-hybridized carbons (Fsp3) is 0.667. The Hall–Kier alpha value is -1.95. The summed E-state index contributed by atoms with van der Waals surface area (Å²) in [5.74, 6) is 2.11. The molecule has 0 amide bonds. The third-order valence-electron chi connectivity index (χ3n) is 4.21. The van der Waals surface area contributed by atoms with Crippen molar-refractivity contribution in [2.24, 2.45) is 4.99 Å². The average molecular weight is 380 g/mol. The summed E-state index contributed by atoms with van der Waals surface area (Å²) >= 11 is 0. The minimum Gasteiger partial charge on any atom is -0.493 e. The normalized spacial score (nSPS) is 12.6. The maximum absolute atomic E-state index is 8.90. The third-order valence-corrected chi connectivity index (χ3v) is 4.21. The van der Waals surface area contributed by atoms with Gasteiger partial charge in [0.25, 0.3) is 0 Å². The topological polar surface area (TPSA) is 75.1 Å². The number of aliphatic hydroxyl groups excluding tert-OH is 1. The van der Waals surface area contributed by atoms with Gasteiger partial charge >= 0.3 is 0 Å². The molecule has 0 aliphatic rings. The molecule has 0 aliphatic heterocycles. The van der Waals surface area contributed by atoms with Crippen molar-refractivity contribution in [1.82, 2.24) is 10.6 Å². The van der Waals surface area contributed by atoms with E-state index in [9.17, 15) is 0 Å². The highest BCUT2D eigenvalue weighted by Crippen LogP contribution is 2.28. The molecule has 1 unspecified atom stereocenters. The second-order valence-electron chi connectivity index (χ2n) is 6.65. The summed E-state index contributed by atoms with van der Waals surface area (Å²) in [5, 5.41) is 15.7. The van der Waals surface area contributed by atoms with E-state index < -0.39 is 0 Å². The monoisotopic (exact) mass is 379 g/mol. The van der Waals surface area contributed by atoms with Crippen LogP contribution in [0.4, 0.5) is 0 Å². The molecule has 1 aromatic rings. The summed E-state index contributed by atoms with van der Waals surface area (Å²) in [6, 6.07) is 6.14. The summed E-state index contributed by atoms with van der Waals surface area (Å²) in [6.07, 6.45) is 6.25. The second-order valence-corrected chi connectivity index (χ2v) is 6.65. The van der Waals surface area contributed by atoms with E-state index in [1.165, 1.54) is 25.7 Å². The van der Waals surface area contributed by atoms with Gasteiger partial charge in [0.15, 0.2) is 17.5 Å². The lowest BCUT2D eigenvalue weighted by molar-refractivity contribution is 0.196. The number of rotatable bonds is 13. The summed E-state index contributed by atoms with van der Waals surface area (Å²) in [4.78, 5) is 4.69. The lowest BCUT2D eigenvalue weighted by Gasteiger charge is -2.18. The highest BCUT2D eigenvalue weighted by Gasteiger charge is 2.07. The summed E-state index contributed by atoms with van der Waals surface area (Å²) in [5.41, 5.74) is 1.04. The Kier molecular flexibility index (Phi) is 12.1. The van der Waals surface area contributed by atoms with Gasteiger partial charge in [-0.05, 0) is 38.0 Å². The van der Waals surface area contributed by atoms with Gasteiger partial charge < -0.3 is 25.2 Å². The number of aliphatic hydroxyl groups is 1. The Morgan fingerprint density at radius 3 is 2.67 bits per heavy atom. The van der Waals surface area contributed by atoms with E-state index in [2.05, 4.69) is 31.4 Å². The van der Waals surface area contributed by atoms with Crippen molar-refractivity contribution in [2.75, 3.05) is 26.9 Å². The first-order valence-corrected chi connectivity index (χ1v) is 10.1. The molecule has 0 bridgehead atoms. The SMILES string of the molecule is CCCCCCC(C)NC(=NCc1ccc(OCCO)c(OC)c1)NCC. The van der Waals surface area contributed by atoms with Gasteiger partial charge in [-0.1, -0.05) is 38.7 Å². The average Bonchev–Trinajstić information content (AvgIpc) is 2.68. The number of unbranched alkanes of at least 4 members (excludes halogenated alkanes) is 3. The minimum atomic E-state index is -0.0243. The molecular weight excluding hydrogens is 342 g/mol. The van der Waals surface area contributed by atoms with E-state index in [1.54, 1.807) is 7.11 Å². The van der Waals surface area contributed by atoms with Crippen molar-refractivity contribution in [3.05, 3.63) is 23.8 Å². The lowest BCUT2D eigenvalue weighted by atomic mass is 10.1. The van der Waals surface area contributed by atoms with Crippen LogP contribution < -0.4 is 20.1 Å². The van der Waals surface area contributed by atoms with Gasteiger partial charge in [-0.3, -0.25) is 0 Å². The Bertz CT molecular complexity index is 549. The fourth-order valence-electron chi connectivity index (χ4n) is 2.76. The molecule has 0 fully saturated rings. The van der Waals surface area contributed by atoms with Gasteiger partial charge in [-0.15, -0.1) is 0 Å². The van der Waals surface area contributed by atoms with Gasteiger partial charge in [0.2, 0.25) is 0 Å². The van der Waals surface area contributed by atoms with Gasteiger partial charge in [0.05, 0.1) is 20.3 Å². The molecule has 3 N–H and O–H groups in total. The Morgan fingerprint density at radius 2 is 2.00 bits per heavy atom. The van der Waals surface area contributed by atoms with Gasteiger partial charge in [0, 0.05) is 12.6 Å². The number of nitrogens with one attached hydrogen (secondary N) is 2. The molecule has 0 spiro atoms. The second kappa shape index (κ2) is 14.2. The molecule has 6 nitrogen and oxygen atoms in total. The fourth-order valence-corrected chi connectivity index (χ4v) is 2.76. The van der Waals surface area contributed by atoms with Crippen molar-refractivity contribution in [3.63, 3.8) is 0 Å². The molecule has 154 valence electrons. The quantitative estimate of drug-likeness (QED) is 0.278. The third kappa shape index (κ3) is 9.52. The van der Waals surface area contributed by atoms with Crippen LogP contribution in [0.15, 0.2) is 23.2 Å².